The lowest BCUT2D eigenvalue weighted by Gasteiger charge is -2.10. The molecule has 4 heteroatoms. The number of hydrogen-bond donors (Lipinski definition) is 1. The second-order valence-corrected chi connectivity index (χ2v) is 4.73. The lowest BCUT2D eigenvalue weighted by Crippen LogP contribution is -1.97. The summed E-state index contributed by atoms with van der Waals surface area (Å²) in [6.45, 7) is 1.78. The van der Waals surface area contributed by atoms with E-state index < -0.39 is 0 Å². The molecule has 0 saturated heterocycles. The number of hydrogen-bond acceptors (Lipinski definition) is 3. The van der Waals surface area contributed by atoms with E-state index in [1.54, 1.807) is 4.68 Å². The van der Waals surface area contributed by atoms with Crippen LogP contribution in [0.15, 0.2) is 42.5 Å². The highest BCUT2D eigenvalue weighted by molar-refractivity contribution is 5.88. The fourth-order valence-electron chi connectivity index (χ4n) is 2.38. The van der Waals surface area contributed by atoms with Gasteiger partial charge in [-0.2, -0.15) is 5.10 Å². The van der Waals surface area contributed by atoms with E-state index in [0.29, 0.717) is 5.88 Å². The number of aryl methyl sites for hydroxylation is 2. The van der Waals surface area contributed by atoms with Crippen molar-refractivity contribution in [2.75, 3.05) is 0 Å². The molecule has 0 aliphatic carbocycles. The lowest BCUT2D eigenvalue weighted by atomic mass is 10.1. The summed E-state index contributed by atoms with van der Waals surface area (Å²) < 4.78 is 7.66. The molecule has 0 fully saturated rings. The van der Waals surface area contributed by atoms with Crippen molar-refractivity contribution in [3.8, 4) is 11.6 Å². The van der Waals surface area contributed by atoms with Crippen molar-refractivity contribution in [2.45, 2.75) is 13.5 Å². The van der Waals surface area contributed by atoms with Crippen molar-refractivity contribution in [1.29, 1.82) is 0 Å². The number of rotatable bonds is 3. The van der Waals surface area contributed by atoms with Crippen LogP contribution >= 0.6 is 0 Å². The Balaban J connectivity index is 2.10. The van der Waals surface area contributed by atoms with Crippen molar-refractivity contribution in [3.05, 3.63) is 53.7 Å². The van der Waals surface area contributed by atoms with E-state index in [1.807, 2.05) is 56.4 Å². The number of benzene rings is 2. The largest absolute Gasteiger partial charge is 0.438 e. The highest BCUT2D eigenvalue weighted by Gasteiger charge is 2.15. The van der Waals surface area contributed by atoms with Crippen molar-refractivity contribution in [2.24, 2.45) is 7.05 Å². The molecule has 3 aromatic rings. The number of nitrogens with zero attached hydrogens (tertiary/aromatic N) is 2. The smallest absolute Gasteiger partial charge is 0.223 e. The van der Waals surface area contributed by atoms with Gasteiger partial charge in [-0.25, -0.2) is 4.68 Å². The summed E-state index contributed by atoms with van der Waals surface area (Å²) in [5.41, 5.74) is 1.51. The van der Waals surface area contributed by atoms with Crippen LogP contribution in [0.2, 0.25) is 0 Å². The van der Waals surface area contributed by atoms with E-state index in [9.17, 15) is 5.11 Å². The number of ether oxygens (including phenoxy) is 1. The second kappa shape index (κ2) is 4.98. The van der Waals surface area contributed by atoms with Gasteiger partial charge in [0.2, 0.25) is 5.88 Å². The molecule has 0 saturated carbocycles. The Labute approximate surface area is 117 Å². The Hall–Kier alpha value is -2.33. The summed E-state index contributed by atoms with van der Waals surface area (Å²) >= 11 is 0. The Kier molecular flexibility index (Phi) is 3.16. The predicted octanol–water partition coefficient (Wildman–Crippen LogP) is 3.17. The van der Waals surface area contributed by atoms with Crippen LogP contribution in [0.3, 0.4) is 0 Å². The van der Waals surface area contributed by atoms with Crippen LogP contribution in [0.1, 0.15) is 11.3 Å². The fraction of sp³-hybridized carbons (Fsp3) is 0.188. The minimum atomic E-state index is -0.0836. The number of aliphatic hydroxyl groups is 1. The zero-order valence-electron chi connectivity index (χ0n) is 11.5. The molecule has 3 rings (SSSR count). The molecule has 0 aliphatic heterocycles. The molecule has 1 N–H and O–H groups in total. The molecule has 0 unspecified atom stereocenters. The standard InChI is InChI=1S/C16H16N2O2/c1-11-14(10-19)16(18(2)17-11)20-15-9-5-7-12-6-3-4-8-13(12)15/h3-9,19H,10H2,1-2H3. The van der Waals surface area contributed by atoms with E-state index in [-0.39, 0.29) is 6.61 Å². The molecule has 1 aromatic heterocycles. The first-order valence-corrected chi connectivity index (χ1v) is 6.49. The average molecular weight is 268 g/mol. The summed E-state index contributed by atoms with van der Waals surface area (Å²) in [4.78, 5) is 0. The van der Waals surface area contributed by atoms with Gasteiger partial charge in [0.25, 0.3) is 0 Å². The van der Waals surface area contributed by atoms with Crippen LogP contribution in [0.4, 0.5) is 0 Å². The molecule has 4 nitrogen and oxygen atoms in total. The summed E-state index contributed by atoms with van der Waals surface area (Å²) in [6, 6.07) is 14.0. The first kappa shape index (κ1) is 12.7. The van der Waals surface area contributed by atoms with Crippen LogP contribution in [-0.4, -0.2) is 14.9 Å². The second-order valence-electron chi connectivity index (χ2n) is 4.73. The zero-order valence-corrected chi connectivity index (χ0v) is 11.5. The normalized spacial score (nSPS) is 10.9. The van der Waals surface area contributed by atoms with Gasteiger partial charge in [-0.1, -0.05) is 36.4 Å². The topological polar surface area (TPSA) is 47.3 Å². The van der Waals surface area contributed by atoms with Gasteiger partial charge in [-0.15, -0.1) is 0 Å². The minimum absolute atomic E-state index is 0.0836. The molecule has 0 atom stereocenters. The first-order valence-electron chi connectivity index (χ1n) is 6.49. The molecule has 0 spiro atoms. The van der Waals surface area contributed by atoms with Gasteiger partial charge in [0.15, 0.2) is 0 Å². The van der Waals surface area contributed by atoms with E-state index in [0.717, 1.165) is 27.8 Å². The molecule has 0 bridgehead atoms. The third-order valence-electron chi connectivity index (χ3n) is 3.40. The summed E-state index contributed by atoms with van der Waals surface area (Å²) in [5, 5.41) is 15.9. The van der Waals surface area contributed by atoms with Gasteiger partial charge in [0, 0.05) is 12.4 Å². The van der Waals surface area contributed by atoms with Crippen molar-refractivity contribution >= 4 is 10.8 Å². The van der Waals surface area contributed by atoms with Crippen LogP contribution in [0.25, 0.3) is 10.8 Å². The van der Waals surface area contributed by atoms with E-state index in [1.165, 1.54) is 0 Å². The maximum Gasteiger partial charge on any atom is 0.223 e. The minimum Gasteiger partial charge on any atom is -0.438 e. The van der Waals surface area contributed by atoms with E-state index >= 15 is 0 Å². The van der Waals surface area contributed by atoms with Gasteiger partial charge in [-0.05, 0) is 18.4 Å². The van der Waals surface area contributed by atoms with Gasteiger partial charge in [-0.3, -0.25) is 0 Å². The number of aliphatic hydroxyl groups excluding tert-OH is 1. The lowest BCUT2D eigenvalue weighted by molar-refractivity contribution is 0.274. The van der Waals surface area contributed by atoms with Crippen molar-refractivity contribution in [3.63, 3.8) is 0 Å². The predicted molar refractivity (Wildman–Crippen MR) is 77.9 cm³/mol. The maximum absolute atomic E-state index is 9.47. The maximum atomic E-state index is 9.47. The van der Waals surface area contributed by atoms with Crippen LogP contribution < -0.4 is 4.74 Å². The molecule has 2 aromatic carbocycles. The van der Waals surface area contributed by atoms with Gasteiger partial charge < -0.3 is 9.84 Å². The molecule has 0 aliphatic rings. The van der Waals surface area contributed by atoms with Crippen molar-refractivity contribution in [1.82, 2.24) is 9.78 Å². The summed E-state index contributed by atoms with van der Waals surface area (Å²) in [7, 11) is 1.81. The number of aromatic nitrogens is 2. The summed E-state index contributed by atoms with van der Waals surface area (Å²) in [6.07, 6.45) is 0. The van der Waals surface area contributed by atoms with Crippen LogP contribution in [0.5, 0.6) is 11.6 Å². The molecule has 102 valence electrons. The molecular weight excluding hydrogens is 252 g/mol. The molecule has 0 amide bonds. The Morgan fingerprint density at radius 2 is 1.90 bits per heavy atom. The SMILES string of the molecule is Cc1nn(C)c(Oc2cccc3ccccc23)c1CO. The quantitative estimate of drug-likeness (QED) is 0.793. The molecule has 0 radical (unpaired) electrons. The molecule has 1 heterocycles. The highest BCUT2D eigenvalue weighted by Crippen LogP contribution is 2.32. The van der Waals surface area contributed by atoms with E-state index in [4.69, 9.17) is 4.74 Å². The summed E-state index contributed by atoms with van der Waals surface area (Å²) in [5.74, 6) is 1.35. The van der Waals surface area contributed by atoms with Crippen LogP contribution in [0, 0.1) is 6.92 Å². The highest BCUT2D eigenvalue weighted by atomic mass is 16.5. The number of fused-ring (bicyclic) bond motifs is 1. The third kappa shape index (κ3) is 2.04. The van der Waals surface area contributed by atoms with Gasteiger partial charge >= 0.3 is 0 Å². The Morgan fingerprint density at radius 1 is 1.15 bits per heavy atom. The zero-order chi connectivity index (χ0) is 14.1. The van der Waals surface area contributed by atoms with E-state index in [2.05, 4.69) is 5.10 Å². The fourth-order valence-corrected chi connectivity index (χ4v) is 2.38. The average Bonchev–Trinajstić information content (AvgIpc) is 2.73. The Bertz CT molecular complexity index is 757. The first-order chi connectivity index (χ1) is 9.70. The van der Waals surface area contributed by atoms with Crippen LogP contribution in [-0.2, 0) is 13.7 Å². The Morgan fingerprint density at radius 3 is 2.70 bits per heavy atom. The molecular formula is C16H16N2O2. The van der Waals surface area contributed by atoms with Gasteiger partial charge in [0.1, 0.15) is 5.75 Å². The third-order valence-corrected chi connectivity index (χ3v) is 3.40. The van der Waals surface area contributed by atoms with Crippen molar-refractivity contribution < 1.29 is 9.84 Å². The molecule has 20 heavy (non-hydrogen) atoms. The van der Waals surface area contributed by atoms with Gasteiger partial charge in [0.05, 0.1) is 17.9 Å². The monoisotopic (exact) mass is 268 g/mol.